The smallest absolute Gasteiger partial charge is 0.0128 e. The number of allylic oxidation sites excluding steroid dienone is 8. The van der Waals surface area contributed by atoms with Crippen LogP contribution >= 0.6 is 0 Å². The average molecular weight is 186 g/mol. The largest absolute Gasteiger partial charge is 0.0840 e. The lowest BCUT2D eigenvalue weighted by Crippen LogP contribution is -2.12. The van der Waals surface area contributed by atoms with Crippen molar-refractivity contribution < 1.29 is 0 Å². The Morgan fingerprint density at radius 3 is 2.79 bits per heavy atom. The van der Waals surface area contributed by atoms with Crippen LogP contribution in [0.25, 0.3) is 0 Å². The molecule has 0 nitrogen and oxygen atoms in total. The molecule has 0 radical (unpaired) electrons. The van der Waals surface area contributed by atoms with E-state index < -0.39 is 0 Å². The second-order valence-corrected chi connectivity index (χ2v) is 4.19. The first-order chi connectivity index (χ1) is 6.88. The molecule has 0 aliphatic heterocycles. The van der Waals surface area contributed by atoms with Crippen LogP contribution in [-0.2, 0) is 0 Å². The third-order valence-corrected chi connectivity index (χ3v) is 3.21. The van der Waals surface area contributed by atoms with Crippen LogP contribution in [-0.4, -0.2) is 0 Å². The van der Waals surface area contributed by atoms with Crippen LogP contribution < -0.4 is 0 Å². The minimum absolute atomic E-state index is 0.674. The number of rotatable bonds is 2. The van der Waals surface area contributed by atoms with E-state index >= 15 is 0 Å². The standard InChI is InChI=1S/C14H18/c1-12(13-8-4-2-5-9-13)14-10-6-3-7-11-14/h2,4-6,8,10-13H,3,7,9H2,1H3. The highest BCUT2D eigenvalue weighted by molar-refractivity contribution is 5.27. The quantitative estimate of drug-likeness (QED) is 0.610. The van der Waals surface area contributed by atoms with E-state index in [4.69, 9.17) is 0 Å². The molecule has 0 amide bonds. The average Bonchev–Trinajstić information content (AvgIpc) is 2.30. The van der Waals surface area contributed by atoms with Crippen LogP contribution in [0, 0.1) is 11.8 Å². The molecule has 2 unspecified atom stereocenters. The second kappa shape index (κ2) is 4.45. The van der Waals surface area contributed by atoms with Crippen LogP contribution in [0.5, 0.6) is 0 Å². The fraction of sp³-hybridized carbons (Fsp3) is 0.429. The third kappa shape index (κ3) is 2.06. The molecular weight excluding hydrogens is 168 g/mol. The molecular formula is C14H18. The van der Waals surface area contributed by atoms with E-state index in [9.17, 15) is 0 Å². The van der Waals surface area contributed by atoms with Gasteiger partial charge in [-0.2, -0.15) is 0 Å². The van der Waals surface area contributed by atoms with Gasteiger partial charge in [-0.05, 0) is 36.7 Å². The molecule has 0 bridgehead atoms. The van der Waals surface area contributed by atoms with Crippen molar-refractivity contribution in [2.24, 2.45) is 11.8 Å². The van der Waals surface area contributed by atoms with Crippen molar-refractivity contribution in [2.75, 3.05) is 0 Å². The lowest BCUT2D eigenvalue weighted by Gasteiger charge is -2.23. The summed E-state index contributed by atoms with van der Waals surface area (Å²) >= 11 is 0. The van der Waals surface area contributed by atoms with Crippen molar-refractivity contribution in [3.05, 3.63) is 48.1 Å². The Balaban J connectivity index is 2.04. The molecule has 0 spiro atoms. The molecule has 0 saturated carbocycles. The second-order valence-electron chi connectivity index (χ2n) is 4.19. The van der Waals surface area contributed by atoms with Crippen LogP contribution in [0.15, 0.2) is 48.1 Å². The fourth-order valence-electron chi connectivity index (χ4n) is 2.19. The number of hydrogen-bond donors (Lipinski definition) is 0. The summed E-state index contributed by atoms with van der Waals surface area (Å²) in [7, 11) is 0. The molecule has 14 heavy (non-hydrogen) atoms. The van der Waals surface area contributed by atoms with E-state index in [-0.39, 0.29) is 0 Å². The lowest BCUT2D eigenvalue weighted by molar-refractivity contribution is 0.495. The maximum absolute atomic E-state index is 2.40. The maximum atomic E-state index is 2.40. The van der Waals surface area contributed by atoms with Gasteiger partial charge in [0.25, 0.3) is 0 Å². The topological polar surface area (TPSA) is 0 Å². The minimum atomic E-state index is 0.674. The Morgan fingerprint density at radius 1 is 1.21 bits per heavy atom. The number of hydrogen-bond acceptors (Lipinski definition) is 0. The van der Waals surface area contributed by atoms with E-state index in [0.29, 0.717) is 11.8 Å². The zero-order valence-corrected chi connectivity index (χ0v) is 8.82. The first-order valence-corrected chi connectivity index (χ1v) is 5.58. The van der Waals surface area contributed by atoms with Gasteiger partial charge in [0.15, 0.2) is 0 Å². The maximum Gasteiger partial charge on any atom is -0.0128 e. The highest BCUT2D eigenvalue weighted by atomic mass is 14.2. The summed E-state index contributed by atoms with van der Waals surface area (Å²) < 4.78 is 0. The lowest BCUT2D eigenvalue weighted by atomic mass is 9.81. The molecule has 74 valence electrons. The van der Waals surface area contributed by atoms with Gasteiger partial charge < -0.3 is 0 Å². The predicted octanol–water partition coefficient (Wildman–Crippen LogP) is 4.03. The van der Waals surface area contributed by atoms with Crippen molar-refractivity contribution in [1.29, 1.82) is 0 Å². The molecule has 2 atom stereocenters. The summed E-state index contributed by atoms with van der Waals surface area (Å²) in [6, 6.07) is 0. The Morgan fingerprint density at radius 2 is 2.14 bits per heavy atom. The van der Waals surface area contributed by atoms with Gasteiger partial charge in [-0.25, -0.2) is 0 Å². The van der Waals surface area contributed by atoms with E-state index in [1.807, 2.05) is 0 Å². The summed E-state index contributed by atoms with van der Waals surface area (Å²) in [6.07, 6.45) is 19.6. The van der Waals surface area contributed by atoms with Crippen LogP contribution in [0.4, 0.5) is 0 Å². The molecule has 2 aliphatic carbocycles. The van der Waals surface area contributed by atoms with Crippen LogP contribution in [0.2, 0.25) is 0 Å². The van der Waals surface area contributed by atoms with Crippen molar-refractivity contribution in [3.63, 3.8) is 0 Å². The molecule has 2 aliphatic rings. The molecule has 2 rings (SSSR count). The fourth-order valence-corrected chi connectivity index (χ4v) is 2.19. The van der Waals surface area contributed by atoms with Crippen molar-refractivity contribution in [2.45, 2.75) is 26.2 Å². The summed E-state index contributed by atoms with van der Waals surface area (Å²) in [6.45, 7) is 2.34. The van der Waals surface area contributed by atoms with Crippen molar-refractivity contribution >= 4 is 0 Å². The van der Waals surface area contributed by atoms with E-state index in [1.165, 1.54) is 24.8 Å². The summed E-state index contributed by atoms with van der Waals surface area (Å²) in [5.74, 6) is 1.38. The van der Waals surface area contributed by atoms with Crippen LogP contribution in [0.3, 0.4) is 0 Å². The highest BCUT2D eigenvalue weighted by Gasteiger charge is 2.17. The van der Waals surface area contributed by atoms with Gasteiger partial charge in [0.05, 0.1) is 0 Å². The van der Waals surface area contributed by atoms with Gasteiger partial charge >= 0.3 is 0 Å². The molecule has 0 heterocycles. The van der Waals surface area contributed by atoms with Gasteiger partial charge in [0.2, 0.25) is 0 Å². The first-order valence-electron chi connectivity index (χ1n) is 5.58. The van der Waals surface area contributed by atoms with E-state index in [2.05, 4.69) is 49.5 Å². The Bertz CT molecular complexity index is 302. The van der Waals surface area contributed by atoms with Gasteiger partial charge in [0, 0.05) is 0 Å². The Hall–Kier alpha value is -1.04. The summed E-state index contributed by atoms with van der Waals surface area (Å²) in [5.41, 5.74) is 1.53. The Kier molecular flexibility index (Phi) is 3.03. The van der Waals surface area contributed by atoms with E-state index in [1.54, 1.807) is 0 Å². The predicted molar refractivity (Wildman–Crippen MR) is 62.0 cm³/mol. The van der Waals surface area contributed by atoms with Crippen LogP contribution in [0.1, 0.15) is 26.2 Å². The molecule has 0 fully saturated rings. The molecule has 0 N–H and O–H groups in total. The van der Waals surface area contributed by atoms with Gasteiger partial charge in [0.1, 0.15) is 0 Å². The monoisotopic (exact) mass is 186 g/mol. The first kappa shape index (κ1) is 9.51. The third-order valence-electron chi connectivity index (χ3n) is 3.21. The Labute approximate surface area is 86.7 Å². The SMILES string of the molecule is CC(C1=CCCC=C1)C1C=CC=CC1. The minimum Gasteiger partial charge on any atom is -0.0840 e. The highest BCUT2D eigenvalue weighted by Crippen LogP contribution is 2.29. The van der Waals surface area contributed by atoms with Gasteiger partial charge in [-0.15, -0.1) is 0 Å². The molecule has 0 aromatic rings. The van der Waals surface area contributed by atoms with Crippen molar-refractivity contribution in [1.82, 2.24) is 0 Å². The summed E-state index contributed by atoms with van der Waals surface area (Å²) in [4.78, 5) is 0. The van der Waals surface area contributed by atoms with E-state index in [0.717, 1.165) is 0 Å². The van der Waals surface area contributed by atoms with Gasteiger partial charge in [-0.1, -0.05) is 49.5 Å². The summed E-state index contributed by atoms with van der Waals surface area (Å²) in [5, 5.41) is 0. The zero-order chi connectivity index (χ0) is 9.80. The molecule has 0 aromatic carbocycles. The van der Waals surface area contributed by atoms with Gasteiger partial charge in [-0.3, -0.25) is 0 Å². The zero-order valence-electron chi connectivity index (χ0n) is 8.82. The molecule has 0 heteroatoms. The van der Waals surface area contributed by atoms with Crippen molar-refractivity contribution in [3.8, 4) is 0 Å². The molecule has 0 saturated heterocycles. The normalized spacial score (nSPS) is 27.5. The molecule has 0 aromatic heterocycles.